The van der Waals surface area contributed by atoms with Gasteiger partial charge in [-0.15, -0.1) is 0 Å². The van der Waals surface area contributed by atoms with Crippen LogP contribution in [0.2, 0.25) is 0 Å². The first kappa shape index (κ1) is 16.5. The van der Waals surface area contributed by atoms with Crippen molar-refractivity contribution in [3.05, 3.63) is 12.2 Å². The van der Waals surface area contributed by atoms with E-state index in [2.05, 4.69) is 20.4 Å². The summed E-state index contributed by atoms with van der Waals surface area (Å²) in [5.74, 6) is 0.773. The molecule has 0 aliphatic heterocycles. The smallest absolute Gasteiger partial charge is 0.344 e. The molecule has 0 saturated heterocycles. The van der Waals surface area contributed by atoms with Crippen LogP contribution in [0.1, 0.15) is 59.3 Å². The summed E-state index contributed by atoms with van der Waals surface area (Å²) in [6.07, 6.45) is 6.87. The molecular weight excluding hydrogens is 292 g/mol. The molecule has 23 heavy (non-hydrogen) atoms. The molecule has 4 aliphatic rings. The van der Waals surface area contributed by atoms with Gasteiger partial charge in [0, 0.05) is 5.57 Å². The molecule has 0 aromatic heterocycles. The fourth-order valence-electron chi connectivity index (χ4n) is 5.75. The van der Waals surface area contributed by atoms with Crippen LogP contribution in [0, 0.1) is 23.2 Å². The molecule has 2 atom stereocenters. The van der Waals surface area contributed by atoms with Gasteiger partial charge in [0.25, 0.3) is 0 Å². The highest BCUT2D eigenvalue weighted by molar-refractivity contribution is 5.88. The Morgan fingerprint density at radius 1 is 1.17 bits per heavy atom. The second-order valence-electron chi connectivity index (χ2n) is 8.29. The van der Waals surface area contributed by atoms with Gasteiger partial charge in [-0.1, -0.05) is 20.4 Å². The van der Waals surface area contributed by atoms with Crippen LogP contribution in [0.5, 0.6) is 0 Å². The minimum Gasteiger partial charge on any atom is -0.456 e. The zero-order valence-electron chi connectivity index (χ0n) is 14.5. The Kier molecular flexibility index (Phi) is 4.06. The minimum absolute atomic E-state index is 0.297. The van der Waals surface area contributed by atoms with Crippen LogP contribution >= 0.6 is 0 Å². The van der Waals surface area contributed by atoms with Crippen molar-refractivity contribution in [3.63, 3.8) is 0 Å². The first-order chi connectivity index (χ1) is 10.8. The van der Waals surface area contributed by atoms with Crippen molar-refractivity contribution in [2.75, 3.05) is 6.61 Å². The largest absolute Gasteiger partial charge is 0.456 e. The van der Waals surface area contributed by atoms with Crippen molar-refractivity contribution in [1.29, 1.82) is 0 Å². The Bertz CT molecular complexity index is 519. The molecule has 4 fully saturated rings. The second kappa shape index (κ2) is 5.64. The van der Waals surface area contributed by atoms with E-state index >= 15 is 0 Å². The van der Waals surface area contributed by atoms with E-state index in [9.17, 15) is 9.59 Å². The summed E-state index contributed by atoms with van der Waals surface area (Å²) in [6.45, 7) is 9.30. The molecule has 2 unspecified atom stereocenters. The highest BCUT2D eigenvalue weighted by Gasteiger charge is 2.61. The van der Waals surface area contributed by atoms with Gasteiger partial charge >= 0.3 is 11.9 Å². The Morgan fingerprint density at radius 3 is 2.26 bits per heavy atom. The molecule has 0 radical (unpaired) electrons. The lowest BCUT2D eigenvalue weighted by Gasteiger charge is -2.63. The van der Waals surface area contributed by atoms with Crippen LogP contribution in [-0.4, -0.2) is 24.1 Å². The maximum atomic E-state index is 12.3. The van der Waals surface area contributed by atoms with Crippen LogP contribution in [-0.2, 0) is 19.1 Å². The van der Waals surface area contributed by atoms with E-state index in [4.69, 9.17) is 9.47 Å². The molecule has 4 heteroatoms. The lowest BCUT2D eigenvalue weighted by molar-refractivity contribution is -0.226. The number of esters is 2. The fourth-order valence-corrected chi connectivity index (χ4v) is 5.75. The SMILES string of the molecule is C=C(C)C(=O)OCC(=O)OC1(CC)C2CC3CC1CC(C)(C3)C2. The van der Waals surface area contributed by atoms with Crippen LogP contribution in [0.25, 0.3) is 0 Å². The predicted molar refractivity (Wildman–Crippen MR) is 86.5 cm³/mol. The Labute approximate surface area is 138 Å². The molecule has 4 saturated carbocycles. The third-order valence-electron chi connectivity index (χ3n) is 6.40. The van der Waals surface area contributed by atoms with Gasteiger partial charge < -0.3 is 9.47 Å². The van der Waals surface area contributed by atoms with Gasteiger partial charge in [0.05, 0.1) is 0 Å². The van der Waals surface area contributed by atoms with E-state index in [1.54, 1.807) is 6.92 Å². The average molecular weight is 320 g/mol. The molecule has 0 N–H and O–H groups in total. The fraction of sp³-hybridized carbons (Fsp3) is 0.789. The predicted octanol–water partition coefficient (Wildman–Crippen LogP) is 3.64. The first-order valence-corrected chi connectivity index (χ1v) is 8.82. The number of hydrogen-bond acceptors (Lipinski definition) is 4. The summed E-state index contributed by atoms with van der Waals surface area (Å²) in [7, 11) is 0. The summed E-state index contributed by atoms with van der Waals surface area (Å²) < 4.78 is 10.9. The molecule has 0 spiro atoms. The Hall–Kier alpha value is -1.32. The van der Waals surface area contributed by atoms with Crippen LogP contribution < -0.4 is 0 Å². The molecule has 4 aliphatic carbocycles. The van der Waals surface area contributed by atoms with E-state index in [-0.39, 0.29) is 12.2 Å². The highest BCUT2D eigenvalue weighted by Crippen LogP contribution is 2.65. The monoisotopic (exact) mass is 320 g/mol. The van der Waals surface area contributed by atoms with Crippen molar-refractivity contribution in [1.82, 2.24) is 0 Å². The standard InChI is InChI=1S/C19H28O4/c1-5-19(23-16(20)11-22-17(21)12(2)3)14-6-13-7-15(19)10-18(4,8-13)9-14/h13-15H,2,5-11H2,1,3-4H3. The molecular formula is C19H28O4. The Balaban J connectivity index is 1.69. The van der Waals surface area contributed by atoms with Gasteiger partial charge in [0.2, 0.25) is 0 Å². The van der Waals surface area contributed by atoms with E-state index in [1.807, 2.05) is 0 Å². The lowest BCUT2D eigenvalue weighted by atomic mass is 9.44. The van der Waals surface area contributed by atoms with Gasteiger partial charge in [0.15, 0.2) is 6.61 Å². The minimum atomic E-state index is -0.537. The molecule has 0 heterocycles. The molecule has 0 aromatic carbocycles. The van der Waals surface area contributed by atoms with E-state index in [0.29, 0.717) is 22.8 Å². The summed E-state index contributed by atoms with van der Waals surface area (Å²) in [5, 5.41) is 0. The van der Waals surface area contributed by atoms with Gasteiger partial charge in [-0.05, 0) is 68.6 Å². The van der Waals surface area contributed by atoms with E-state index in [1.165, 1.54) is 19.3 Å². The summed E-state index contributed by atoms with van der Waals surface area (Å²) >= 11 is 0. The number of hydrogen-bond donors (Lipinski definition) is 0. The highest BCUT2D eigenvalue weighted by atomic mass is 16.6. The van der Waals surface area contributed by atoms with E-state index < -0.39 is 11.9 Å². The van der Waals surface area contributed by atoms with Crippen molar-refractivity contribution < 1.29 is 19.1 Å². The van der Waals surface area contributed by atoms with E-state index in [0.717, 1.165) is 25.2 Å². The quantitative estimate of drug-likeness (QED) is 0.573. The van der Waals surface area contributed by atoms with Gasteiger partial charge in [0.1, 0.15) is 5.60 Å². The first-order valence-electron chi connectivity index (χ1n) is 8.82. The second-order valence-corrected chi connectivity index (χ2v) is 8.29. The van der Waals surface area contributed by atoms with Crippen LogP contribution in [0.15, 0.2) is 12.2 Å². The van der Waals surface area contributed by atoms with Crippen LogP contribution in [0.3, 0.4) is 0 Å². The van der Waals surface area contributed by atoms with Crippen molar-refractivity contribution in [2.24, 2.45) is 23.2 Å². The summed E-state index contributed by atoms with van der Waals surface area (Å²) in [6, 6.07) is 0. The van der Waals surface area contributed by atoms with Gasteiger partial charge in [-0.2, -0.15) is 0 Å². The zero-order valence-corrected chi connectivity index (χ0v) is 14.5. The number of carbonyl (C=O) groups excluding carboxylic acids is 2. The number of carbonyl (C=O) groups is 2. The van der Waals surface area contributed by atoms with Crippen molar-refractivity contribution in [3.8, 4) is 0 Å². The van der Waals surface area contributed by atoms with Gasteiger partial charge in [-0.25, -0.2) is 9.59 Å². The summed E-state index contributed by atoms with van der Waals surface area (Å²) in [5.41, 5.74) is 0.391. The summed E-state index contributed by atoms with van der Waals surface area (Å²) in [4.78, 5) is 23.7. The van der Waals surface area contributed by atoms with Crippen LogP contribution in [0.4, 0.5) is 0 Å². The molecule has 4 rings (SSSR count). The normalized spacial score (nSPS) is 40.7. The third kappa shape index (κ3) is 2.81. The molecule has 0 amide bonds. The molecule has 4 bridgehead atoms. The third-order valence-corrected chi connectivity index (χ3v) is 6.40. The molecule has 4 nitrogen and oxygen atoms in total. The number of rotatable bonds is 5. The lowest BCUT2D eigenvalue weighted by Crippen LogP contribution is -2.62. The average Bonchev–Trinajstić information content (AvgIpc) is 2.47. The maximum absolute atomic E-state index is 12.3. The van der Waals surface area contributed by atoms with Gasteiger partial charge in [-0.3, -0.25) is 0 Å². The Morgan fingerprint density at radius 2 is 1.78 bits per heavy atom. The molecule has 0 aromatic rings. The molecule has 128 valence electrons. The topological polar surface area (TPSA) is 52.6 Å². The van der Waals surface area contributed by atoms with Crippen molar-refractivity contribution in [2.45, 2.75) is 64.9 Å². The number of ether oxygens (including phenoxy) is 2. The zero-order chi connectivity index (χ0) is 16.8. The van der Waals surface area contributed by atoms with Crippen molar-refractivity contribution >= 4 is 11.9 Å². The maximum Gasteiger partial charge on any atom is 0.344 e.